The van der Waals surface area contributed by atoms with Gasteiger partial charge in [0.15, 0.2) is 17.3 Å². The van der Waals surface area contributed by atoms with E-state index in [1.807, 2.05) is 0 Å². The molecule has 0 fully saturated rings. The zero-order chi connectivity index (χ0) is 13.1. The number of hydrogen-bond donors (Lipinski definition) is 1. The number of aromatic nitrogens is 2. The van der Waals surface area contributed by atoms with E-state index in [0.29, 0.717) is 5.82 Å². The van der Waals surface area contributed by atoms with E-state index in [4.69, 9.17) is 9.84 Å². The van der Waals surface area contributed by atoms with Crippen molar-refractivity contribution in [3.63, 3.8) is 0 Å². The van der Waals surface area contributed by atoms with Gasteiger partial charge in [0, 0.05) is 13.2 Å². The summed E-state index contributed by atoms with van der Waals surface area (Å²) in [6.45, 7) is 0.00468. The molecule has 5 nitrogen and oxygen atoms in total. The van der Waals surface area contributed by atoms with Crippen LogP contribution >= 0.6 is 0 Å². The Balaban J connectivity index is 2.11. The lowest BCUT2D eigenvalue weighted by molar-refractivity contribution is 0.0690. The quantitative estimate of drug-likeness (QED) is 0.899. The summed E-state index contributed by atoms with van der Waals surface area (Å²) in [5.74, 6) is -1.05. The standard InChI is InChI=1S/C12H11FN2O3/c1-15-6-9(12(16)17)14-11(15)7-18-10-5-3-2-4-8(10)13/h2-6H,7H2,1H3,(H,16,17). The molecule has 1 aromatic heterocycles. The van der Waals surface area contributed by atoms with Crippen molar-refractivity contribution in [3.05, 3.63) is 47.8 Å². The first-order chi connectivity index (χ1) is 8.58. The zero-order valence-electron chi connectivity index (χ0n) is 9.63. The molecule has 6 heteroatoms. The number of halogens is 1. The number of benzene rings is 1. The molecule has 94 valence electrons. The van der Waals surface area contributed by atoms with Crippen molar-refractivity contribution in [2.45, 2.75) is 6.61 Å². The fraction of sp³-hybridized carbons (Fsp3) is 0.167. The molecule has 2 aromatic rings. The summed E-state index contributed by atoms with van der Waals surface area (Å²) in [5.41, 5.74) is -0.0652. The number of ether oxygens (including phenoxy) is 1. The third-order valence-electron chi connectivity index (χ3n) is 2.39. The minimum absolute atomic E-state index is 0.00468. The fourth-order valence-electron chi connectivity index (χ4n) is 1.45. The Morgan fingerprint density at radius 2 is 2.22 bits per heavy atom. The summed E-state index contributed by atoms with van der Waals surface area (Å²) in [5, 5.41) is 8.78. The first-order valence-electron chi connectivity index (χ1n) is 5.21. The number of aryl methyl sites for hydroxylation is 1. The maximum Gasteiger partial charge on any atom is 0.356 e. The Labute approximate surface area is 102 Å². The molecule has 1 aromatic carbocycles. The third-order valence-corrected chi connectivity index (χ3v) is 2.39. The topological polar surface area (TPSA) is 64.4 Å². The minimum atomic E-state index is -1.11. The van der Waals surface area contributed by atoms with Crippen LogP contribution in [0, 0.1) is 5.82 Å². The van der Waals surface area contributed by atoms with Crippen LogP contribution in [0.5, 0.6) is 5.75 Å². The Hall–Kier alpha value is -2.37. The van der Waals surface area contributed by atoms with Gasteiger partial charge in [-0.15, -0.1) is 0 Å². The maximum absolute atomic E-state index is 13.3. The molecule has 0 saturated heterocycles. The number of carboxylic acids is 1. The summed E-state index contributed by atoms with van der Waals surface area (Å²) in [4.78, 5) is 14.6. The number of carbonyl (C=O) groups is 1. The monoisotopic (exact) mass is 250 g/mol. The summed E-state index contributed by atoms with van der Waals surface area (Å²) in [7, 11) is 1.65. The molecule has 1 heterocycles. The zero-order valence-corrected chi connectivity index (χ0v) is 9.63. The minimum Gasteiger partial charge on any atom is -0.483 e. The average molecular weight is 250 g/mol. The van der Waals surface area contributed by atoms with E-state index in [1.54, 1.807) is 19.2 Å². The average Bonchev–Trinajstić information content (AvgIpc) is 2.70. The molecule has 0 aliphatic rings. The van der Waals surface area contributed by atoms with Gasteiger partial charge in [-0.2, -0.15) is 0 Å². The van der Waals surface area contributed by atoms with Gasteiger partial charge in [-0.1, -0.05) is 12.1 Å². The molecule has 0 unspecified atom stereocenters. The number of para-hydroxylation sites is 1. The lowest BCUT2D eigenvalue weighted by atomic mass is 10.3. The van der Waals surface area contributed by atoms with Crippen molar-refractivity contribution in [1.29, 1.82) is 0 Å². The molecular weight excluding hydrogens is 239 g/mol. The molecule has 0 spiro atoms. The maximum atomic E-state index is 13.3. The highest BCUT2D eigenvalue weighted by molar-refractivity contribution is 5.85. The van der Waals surface area contributed by atoms with E-state index in [0.717, 1.165) is 0 Å². The SMILES string of the molecule is Cn1cc(C(=O)O)nc1COc1ccccc1F. The lowest BCUT2D eigenvalue weighted by Gasteiger charge is -2.06. The number of carboxylic acid groups (broad SMARTS) is 1. The second-order valence-corrected chi connectivity index (χ2v) is 3.68. The molecule has 0 amide bonds. The van der Waals surface area contributed by atoms with E-state index < -0.39 is 11.8 Å². The van der Waals surface area contributed by atoms with Crippen LogP contribution in [0.25, 0.3) is 0 Å². The van der Waals surface area contributed by atoms with E-state index >= 15 is 0 Å². The van der Waals surface area contributed by atoms with E-state index in [2.05, 4.69) is 4.98 Å². The molecule has 0 atom stereocenters. The molecule has 0 aliphatic heterocycles. The van der Waals surface area contributed by atoms with Crippen molar-refractivity contribution in [2.75, 3.05) is 0 Å². The third kappa shape index (κ3) is 2.48. The number of aromatic carboxylic acids is 1. The number of imidazole rings is 1. The van der Waals surface area contributed by atoms with Gasteiger partial charge in [-0.05, 0) is 12.1 Å². The van der Waals surface area contributed by atoms with Crippen LogP contribution in [-0.2, 0) is 13.7 Å². The van der Waals surface area contributed by atoms with Gasteiger partial charge in [0.1, 0.15) is 12.4 Å². The first kappa shape index (κ1) is 12.1. The predicted molar refractivity (Wildman–Crippen MR) is 60.9 cm³/mol. The molecule has 0 radical (unpaired) electrons. The van der Waals surface area contributed by atoms with Crippen molar-refractivity contribution in [2.24, 2.45) is 7.05 Å². The van der Waals surface area contributed by atoms with Gasteiger partial charge < -0.3 is 14.4 Å². The summed E-state index contributed by atoms with van der Waals surface area (Å²) >= 11 is 0. The second kappa shape index (κ2) is 4.87. The summed E-state index contributed by atoms with van der Waals surface area (Å²) < 4.78 is 20.1. The van der Waals surface area contributed by atoms with Gasteiger partial charge in [-0.3, -0.25) is 0 Å². The van der Waals surface area contributed by atoms with E-state index in [1.165, 1.54) is 22.9 Å². The van der Waals surface area contributed by atoms with Crippen molar-refractivity contribution in [1.82, 2.24) is 9.55 Å². The molecule has 2 rings (SSSR count). The fourth-order valence-corrected chi connectivity index (χ4v) is 1.45. The van der Waals surface area contributed by atoms with Crippen LogP contribution in [0.2, 0.25) is 0 Å². The van der Waals surface area contributed by atoms with E-state index in [9.17, 15) is 9.18 Å². The summed E-state index contributed by atoms with van der Waals surface area (Å²) in [6.07, 6.45) is 1.38. The highest BCUT2D eigenvalue weighted by Crippen LogP contribution is 2.16. The largest absolute Gasteiger partial charge is 0.483 e. The van der Waals surface area contributed by atoms with Crippen molar-refractivity contribution < 1.29 is 19.0 Å². The number of rotatable bonds is 4. The first-order valence-corrected chi connectivity index (χ1v) is 5.21. The number of nitrogens with zero attached hydrogens (tertiary/aromatic N) is 2. The van der Waals surface area contributed by atoms with Crippen LogP contribution in [-0.4, -0.2) is 20.6 Å². The predicted octanol–water partition coefficient (Wildman–Crippen LogP) is 1.84. The van der Waals surface area contributed by atoms with Crippen LogP contribution in [0.15, 0.2) is 30.5 Å². The normalized spacial score (nSPS) is 10.3. The molecule has 1 N–H and O–H groups in total. The Morgan fingerprint density at radius 1 is 1.50 bits per heavy atom. The van der Waals surface area contributed by atoms with Gasteiger partial charge >= 0.3 is 5.97 Å². The Morgan fingerprint density at radius 3 is 2.83 bits per heavy atom. The van der Waals surface area contributed by atoms with Crippen LogP contribution < -0.4 is 4.74 Å². The molecule has 18 heavy (non-hydrogen) atoms. The molecule has 0 saturated carbocycles. The van der Waals surface area contributed by atoms with Gasteiger partial charge in [0.05, 0.1) is 0 Å². The lowest BCUT2D eigenvalue weighted by Crippen LogP contribution is -2.04. The van der Waals surface area contributed by atoms with Crippen LogP contribution in [0.4, 0.5) is 4.39 Å². The van der Waals surface area contributed by atoms with E-state index in [-0.39, 0.29) is 18.1 Å². The highest BCUT2D eigenvalue weighted by atomic mass is 19.1. The van der Waals surface area contributed by atoms with Gasteiger partial charge in [0.25, 0.3) is 0 Å². The molecular formula is C12H11FN2O3. The summed E-state index contributed by atoms with van der Waals surface area (Å²) in [6, 6.07) is 6.00. The second-order valence-electron chi connectivity index (χ2n) is 3.68. The number of hydrogen-bond acceptors (Lipinski definition) is 3. The highest BCUT2D eigenvalue weighted by Gasteiger charge is 2.12. The van der Waals surface area contributed by atoms with Gasteiger partial charge in [0.2, 0.25) is 0 Å². The van der Waals surface area contributed by atoms with Crippen LogP contribution in [0.1, 0.15) is 16.3 Å². The van der Waals surface area contributed by atoms with Crippen molar-refractivity contribution >= 4 is 5.97 Å². The van der Waals surface area contributed by atoms with Gasteiger partial charge in [-0.25, -0.2) is 14.2 Å². The Bertz CT molecular complexity index is 580. The molecule has 0 bridgehead atoms. The Kier molecular flexibility index (Phi) is 3.27. The van der Waals surface area contributed by atoms with Crippen LogP contribution in [0.3, 0.4) is 0 Å². The van der Waals surface area contributed by atoms with Crippen molar-refractivity contribution in [3.8, 4) is 5.75 Å². The smallest absolute Gasteiger partial charge is 0.356 e. The molecule has 0 aliphatic carbocycles.